The lowest BCUT2D eigenvalue weighted by atomic mass is 10.1. The van der Waals surface area contributed by atoms with Gasteiger partial charge in [0.2, 0.25) is 0 Å². The third-order valence-corrected chi connectivity index (χ3v) is 3.33. The summed E-state index contributed by atoms with van der Waals surface area (Å²) in [7, 11) is 0. The summed E-state index contributed by atoms with van der Waals surface area (Å²) in [5, 5.41) is 2.85. The average molecular weight is 314 g/mol. The van der Waals surface area contributed by atoms with E-state index in [1.807, 2.05) is 13.0 Å². The molecule has 6 nitrogen and oxygen atoms in total. The molecule has 0 saturated heterocycles. The lowest BCUT2D eigenvalue weighted by molar-refractivity contribution is 0.0921. The first kappa shape index (κ1) is 15.1. The van der Waals surface area contributed by atoms with E-state index in [2.05, 4.69) is 10.3 Å². The molecule has 1 aliphatic rings. The van der Waals surface area contributed by atoms with Gasteiger partial charge < -0.3 is 19.5 Å². The van der Waals surface area contributed by atoms with Gasteiger partial charge in [-0.2, -0.15) is 0 Å². The van der Waals surface area contributed by atoms with Crippen LogP contribution in [-0.2, 0) is 0 Å². The SMILES string of the molecule is C[C@@H](CNC(=O)c1cccc2c1OCCO2)Oc1cccnc1. The summed E-state index contributed by atoms with van der Waals surface area (Å²) in [4.78, 5) is 16.3. The second-order valence-electron chi connectivity index (χ2n) is 5.16. The second-order valence-corrected chi connectivity index (χ2v) is 5.16. The normalized spacial score (nSPS) is 14.0. The fourth-order valence-corrected chi connectivity index (χ4v) is 2.27. The number of nitrogens with one attached hydrogen (secondary N) is 1. The number of hydrogen-bond donors (Lipinski definition) is 1. The van der Waals surface area contributed by atoms with Crippen LogP contribution in [0.3, 0.4) is 0 Å². The molecule has 1 aromatic carbocycles. The Hall–Kier alpha value is -2.76. The second kappa shape index (κ2) is 7.00. The van der Waals surface area contributed by atoms with Crippen molar-refractivity contribution in [1.82, 2.24) is 10.3 Å². The standard InChI is InChI=1S/C17H18N2O4/c1-12(23-13-4-3-7-18-11-13)10-19-17(20)14-5-2-6-15-16(14)22-9-8-21-15/h2-7,11-12H,8-10H2,1H3,(H,19,20)/t12-/m0/s1. The van der Waals surface area contributed by atoms with Crippen LogP contribution in [0.25, 0.3) is 0 Å². The Morgan fingerprint density at radius 1 is 1.30 bits per heavy atom. The van der Waals surface area contributed by atoms with Crippen LogP contribution in [0.1, 0.15) is 17.3 Å². The van der Waals surface area contributed by atoms with Gasteiger partial charge in [-0.3, -0.25) is 9.78 Å². The van der Waals surface area contributed by atoms with Crippen LogP contribution in [0.5, 0.6) is 17.2 Å². The number of rotatable bonds is 5. The van der Waals surface area contributed by atoms with Crippen LogP contribution in [0.2, 0.25) is 0 Å². The number of nitrogens with zero attached hydrogens (tertiary/aromatic N) is 1. The highest BCUT2D eigenvalue weighted by atomic mass is 16.6. The summed E-state index contributed by atoms with van der Waals surface area (Å²) in [5.41, 5.74) is 0.468. The van der Waals surface area contributed by atoms with Gasteiger partial charge in [0.15, 0.2) is 11.5 Å². The molecule has 1 aromatic heterocycles. The van der Waals surface area contributed by atoms with E-state index >= 15 is 0 Å². The number of para-hydroxylation sites is 1. The molecule has 120 valence electrons. The molecule has 0 fully saturated rings. The molecule has 0 spiro atoms. The summed E-state index contributed by atoms with van der Waals surface area (Å²) >= 11 is 0. The molecule has 1 aliphatic heterocycles. The molecule has 0 saturated carbocycles. The average Bonchev–Trinajstić information content (AvgIpc) is 2.60. The van der Waals surface area contributed by atoms with E-state index in [1.165, 1.54) is 0 Å². The van der Waals surface area contributed by atoms with Gasteiger partial charge in [-0.25, -0.2) is 0 Å². The molecule has 6 heteroatoms. The van der Waals surface area contributed by atoms with Gasteiger partial charge in [-0.1, -0.05) is 6.07 Å². The van der Waals surface area contributed by atoms with E-state index in [-0.39, 0.29) is 12.0 Å². The first-order valence-corrected chi connectivity index (χ1v) is 7.47. The minimum Gasteiger partial charge on any atom is -0.487 e. The summed E-state index contributed by atoms with van der Waals surface area (Å²) in [6.07, 6.45) is 3.14. The number of benzene rings is 1. The van der Waals surface area contributed by atoms with Crippen LogP contribution in [0.4, 0.5) is 0 Å². The van der Waals surface area contributed by atoms with Crippen molar-refractivity contribution < 1.29 is 19.0 Å². The Bertz CT molecular complexity index is 676. The predicted molar refractivity (Wildman–Crippen MR) is 84.1 cm³/mol. The Balaban J connectivity index is 1.59. The third-order valence-electron chi connectivity index (χ3n) is 3.33. The maximum absolute atomic E-state index is 12.4. The largest absolute Gasteiger partial charge is 0.487 e. The Morgan fingerprint density at radius 3 is 3.00 bits per heavy atom. The molecule has 2 heterocycles. The van der Waals surface area contributed by atoms with Gasteiger partial charge in [0.25, 0.3) is 5.91 Å². The molecule has 0 unspecified atom stereocenters. The van der Waals surface area contributed by atoms with Crippen LogP contribution < -0.4 is 19.5 Å². The van der Waals surface area contributed by atoms with Gasteiger partial charge in [-0.05, 0) is 31.2 Å². The molecule has 0 bridgehead atoms. The zero-order valence-electron chi connectivity index (χ0n) is 12.8. The van der Waals surface area contributed by atoms with E-state index in [0.717, 1.165) is 0 Å². The van der Waals surface area contributed by atoms with E-state index < -0.39 is 0 Å². The van der Waals surface area contributed by atoms with Crippen LogP contribution in [0.15, 0.2) is 42.7 Å². The fraction of sp³-hybridized carbons (Fsp3) is 0.294. The van der Waals surface area contributed by atoms with Crippen molar-refractivity contribution in [2.75, 3.05) is 19.8 Å². The van der Waals surface area contributed by atoms with Gasteiger partial charge in [0.1, 0.15) is 25.1 Å². The van der Waals surface area contributed by atoms with Gasteiger partial charge >= 0.3 is 0 Å². The van der Waals surface area contributed by atoms with E-state index in [0.29, 0.717) is 42.6 Å². The first-order valence-electron chi connectivity index (χ1n) is 7.47. The highest BCUT2D eigenvalue weighted by Gasteiger charge is 2.20. The van der Waals surface area contributed by atoms with Gasteiger partial charge in [0.05, 0.1) is 18.3 Å². The minimum absolute atomic E-state index is 0.181. The summed E-state index contributed by atoms with van der Waals surface area (Å²) in [5.74, 6) is 1.55. The van der Waals surface area contributed by atoms with Gasteiger partial charge in [-0.15, -0.1) is 0 Å². The molecule has 1 N–H and O–H groups in total. The third kappa shape index (κ3) is 3.71. The minimum atomic E-state index is -0.214. The first-order chi connectivity index (χ1) is 11.2. The maximum atomic E-state index is 12.4. The number of fused-ring (bicyclic) bond motifs is 1. The number of ether oxygens (including phenoxy) is 3. The topological polar surface area (TPSA) is 69.7 Å². The number of amides is 1. The van der Waals surface area contributed by atoms with Crippen molar-refractivity contribution in [3.05, 3.63) is 48.3 Å². The highest BCUT2D eigenvalue weighted by Crippen LogP contribution is 2.33. The smallest absolute Gasteiger partial charge is 0.255 e. The zero-order valence-corrected chi connectivity index (χ0v) is 12.8. The predicted octanol–water partition coefficient (Wildman–Crippen LogP) is 2.05. The summed E-state index contributed by atoms with van der Waals surface area (Å²) in [6, 6.07) is 8.91. The van der Waals surface area contributed by atoms with Crippen LogP contribution >= 0.6 is 0 Å². The Labute approximate surface area is 134 Å². The number of hydrogen-bond acceptors (Lipinski definition) is 5. The van der Waals surface area contributed by atoms with Crippen molar-refractivity contribution >= 4 is 5.91 Å². The number of aromatic nitrogens is 1. The molecule has 23 heavy (non-hydrogen) atoms. The zero-order chi connectivity index (χ0) is 16.1. The molecule has 3 rings (SSSR count). The molecule has 0 aliphatic carbocycles. The molecular weight excluding hydrogens is 296 g/mol. The van der Waals surface area contributed by atoms with Crippen molar-refractivity contribution in [3.63, 3.8) is 0 Å². The summed E-state index contributed by atoms with van der Waals surface area (Å²) < 4.78 is 16.7. The van der Waals surface area contributed by atoms with Crippen LogP contribution in [0, 0.1) is 0 Å². The Morgan fingerprint density at radius 2 is 2.17 bits per heavy atom. The number of carbonyl (C=O) groups excluding carboxylic acids is 1. The van der Waals surface area contributed by atoms with E-state index in [4.69, 9.17) is 14.2 Å². The molecular formula is C17H18N2O4. The quantitative estimate of drug-likeness (QED) is 0.914. The van der Waals surface area contributed by atoms with Crippen molar-refractivity contribution in [2.24, 2.45) is 0 Å². The van der Waals surface area contributed by atoms with Gasteiger partial charge in [0, 0.05) is 6.20 Å². The monoisotopic (exact) mass is 314 g/mol. The highest BCUT2D eigenvalue weighted by molar-refractivity contribution is 5.97. The lowest BCUT2D eigenvalue weighted by Gasteiger charge is -2.21. The Kier molecular flexibility index (Phi) is 4.61. The molecule has 2 aromatic rings. The maximum Gasteiger partial charge on any atom is 0.255 e. The number of pyridine rings is 1. The summed E-state index contributed by atoms with van der Waals surface area (Å²) in [6.45, 7) is 3.19. The van der Waals surface area contributed by atoms with Crippen molar-refractivity contribution in [3.8, 4) is 17.2 Å². The molecule has 1 atom stereocenters. The van der Waals surface area contributed by atoms with Crippen LogP contribution in [-0.4, -0.2) is 36.8 Å². The van der Waals surface area contributed by atoms with E-state index in [9.17, 15) is 4.79 Å². The van der Waals surface area contributed by atoms with E-state index in [1.54, 1.807) is 36.7 Å². The lowest BCUT2D eigenvalue weighted by Crippen LogP contribution is -2.34. The van der Waals surface area contributed by atoms with Crippen molar-refractivity contribution in [1.29, 1.82) is 0 Å². The molecule has 1 amide bonds. The fourth-order valence-electron chi connectivity index (χ4n) is 2.27. The number of carbonyl (C=O) groups is 1. The van der Waals surface area contributed by atoms with Crippen molar-refractivity contribution in [2.45, 2.75) is 13.0 Å². The molecule has 0 radical (unpaired) electrons.